The maximum Gasteiger partial charge on any atom is 0.120 e. The molecule has 0 radical (unpaired) electrons. The van der Waals surface area contributed by atoms with Gasteiger partial charge < -0.3 is 14.7 Å². The lowest BCUT2D eigenvalue weighted by molar-refractivity contribution is 0.387. The highest BCUT2D eigenvalue weighted by atomic mass is 16.5. The zero-order chi connectivity index (χ0) is 12.4. The lowest BCUT2D eigenvalue weighted by atomic mass is 10.0. The molecule has 0 fully saturated rings. The van der Waals surface area contributed by atoms with Crippen LogP contribution in [0.1, 0.15) is 5.56 Å². The fraction of sp³-hybridized carbons (Fsp3) is 0.286. The maximum absolute atomic E-state index is 9.95. The summed E-state index contributed by atoms with van der Waals surface area (Å²) < 4.78 is 5.23. The van der Waals surface area contributed by atoms with Gasteiger partial charge in [0.15, 0.2) is 0 Å². The third kappa shape index (κ3) is 2.34. The number of benzene rings is 2. The van der Waals surface area contributed by atoms with Crippen molar-refractivity contribution in [3.05, 3.63) is 35.9 Å². The first-order valence-corrected chi connectivity index (χ1v) is 5.55. The molecule has 0 unspecified atom stereocenters. The average Bonchev–Trinajstić information content (AvgIpc) is 2.32. The van der Waals surface area contributed by atoms with Gasteiger partial charge in [0.05, 0.1) is 7.11 Å². The Morgan fingerprint density at radius 2 is 1.88 bits per heavy atom. The number of hydrogen-bond acceptors (Lipinski definition) is 3. The summed E-state index contributed by atoms with van der Waals surface area (Å²) in [5.74, 6) is 1.14. The Balaban J connectivity index is 2.64. The molecule has 0 saturated carbocycles. The zero-order valence-corrected chi connectivity index (χ0v) is 10.4. The van der Waals surface area contributed by atoms with Crippen LogP contribution in [0.3, 0.4) is 0 Å². The van der Waals surface area contributed by atoms with Crippen molar-refractivity contribution >= 4 is 10.8 Å². The van der Waals surface area contributed by atoms with Gasteiger partial charge in [-0.2, -0.15) is 0 Å². The molecule has 0 aromatic heterocycles. The minimum absolute atomic E-state index is 0.333. The number of aromatic hydroxyl groups is 1. The van der Waals surface area contributed by atoms with Gasteiger partial charge in [-0.3, -0.25) is 0 Å². The first-order chi connectivity index (χ1) is 8.11. The lowest BCUT2D eigenvalue weighted by Crippen LogP contribution is -2.11. The van der Waals surface area contributed by atoms with Crippen LogP contribution in [0, 0.1) is 0 Å². The quantitative estimate of drug-likeness (QED) is 0.881. The highest BCUT2D eigenvalue weighted by Gasteiger charge is 2.08. The largest absolute Gasteiger partial charge is 0.508 e. The van der Waals surface area contributed by atoms with Gasteiger partial charge in [-0.1, -0.05) is 12.1 Å². The topological polar surface area (TPSA) is 32.7 Å². The average molecular weight is 231 g/mol. The van der Waals surface area contributed by atoms with Gasteiger partial charge >= 0.3 is 0 Å². The molecule has 0 aliphatic rings. The number of nitrogens with zero attached hydrogens (tertiary/aromatic N) is 1. The summed E-state index contributed by atoms with van der Waals surface area (Å²) >= 11 is 0. The molecule has 0 atom stereocenters. The van der Waals surface area contributed by atoms with Gasteiger partial charge in [0.1, 0.15) is 11.5 Å². The molecule has 2 aromatic carbocycles. The van der Waals surface area contributed by atoms with E-state index in [1.807, 2.05) is 43.3 Å². The Morgan fingerprint density at radius 1 is 1.18 bits per heavy atom. The maximum atomic E-state index is 9.95. The first kappa shape index (κ1) is 11.7. The van der Waals surface area contributed by atoms with Crippen molar-refractivity contribution in [2.45, 2.75) is 6.54 Å². The number of ether oxygens (including phenoxy) is 1. The molecule has 3 heteroatoms. The number of methoxy groups -OCH3 is 1. The van der Waals surface area contributed by atoms with E-state index >= 15 is 0 Å². The molecule has 0 bridgehead atoms. The Kier molecular flexibility index (Phi) is 3.20. The highest BCUT2D eigenvalue weighted by Crippen LogP contribution is 2.30. The monoisotopic (exact) mass is 231 g/mol. The normalized spacial score (nSPS) is 11.1. The van der Waals surface area contributed by atoms with Crippen LogP contribution in [0.2, 0.25) is 0 Å². The van der Waals surface area contributed by atoms with Crippen molar-refractivity contribution in [3.63, 3.8) is 0 Å². The number of hydrogen-bond donors (Lipinski definition) is 1. The smallest absolute Gasteiger partial charge is 0.120 e. The van der Waals surface area contributed by atoms with Crippen LogP contribution in [0.4, 0.5) is 0 Å². The van der Waals surface area contributed by atoms with Gasteiger partial charge in [-0.25, -0.2) is 0 Å². The SMILES string of the molecule is COc1ccc2ccc(O)c(CN(C)C)c2c1. The zero-order valence-electron chi connectivity index (χ0n) is 10.4. The summed E-state index contributed by atoms with van der Waals surface area (Å²) in [6.07, 6.45) is 0. The fourth-order valence-corrected chi connectivity index (χ4v) is 1.96. The summed E-state index contributed by atoms with van der Waals surface area (Å²) in [5.41, 5.74) is 0.936. The molecule has 0 spiro atoms. The molecule has 0 saturated heterocycles. The summed E-state index contributed by atoms with van der Waals surface area (Å²) in [7, 11) is 5.62. The van der Waals surface area contributed by atoms with Crippen LogP contribution < -0.4 is 4.74 Å². The number of fused-ring (bicyclic) bond motifs is 1. The van der Waals surface area contributed by atoms with E-state index in [9.17, 15) is 5.11 Å². The Hall–Kier alpha value is -1.74. The van der Waals surface area contributed by atoms with Crippen molar-refractivity contribution in [2.24, 2.45) is 0 Å². The van der Waals surface area contributed by atoms with E-state index in [2.05, 4.69) is 0 Å². The first-order valence-electron chi connectivity index (χ1n) is 5.55. The predicted octanol–water partition coefficient (Wildman–Crippen LogP) is 2.62. The Labute approximate surface area is 101 Å². The molecule has 1 N–H and O–H groups in total. The Morgan fingerprint density at radius 3 is 2.53 bits per heavy atom. The lowest BCUT2D eigenvalue weighted by Gasteiger charge is -2.14. The number of phenols is 1. The van der Waals surface area contributed by atoms with E-state index in [-0.39, 0.29) is 0 Å². The second kappa shape index (κ2) is 4.63. The van der Waals surface area contributed by atoms with Crippen molar-refractivity contribution in [2.75, 3.05) is 21.2 Å². The van der Waals surface area contributed by atoms with Crippen LogP contribution in [0.15, 0.2) is 30.3 Å². The standard InChI is InChI=1S/C14H17NO2/c1-15(2)9-13-12-8-11(17-3)6-4-10(12)5-7-14(13)16/h4-8,16H,9H2,1-3H3. The number of phenolic OH excluding ortho intramolecular Hbond substituents is 1. The van der Waals surface area contributed by atoms with E-state index in [1.54, 1.807) is 13.2 Å². The van der Waals surface area contributed by atoms with E-state index < -0.39 is 0 Å². The van der Waals surface area contributed by atoms with Gasteiger partial charge in [-0.15, -0.1) is 0 Å². The van der Waals surface area contributed by atoms with E-state index in [0.29, 0.717) is 12.3 Å². The van der Waals surface area contributed by atoms with Crippen molar-refractivity contribution in [1.82, 2.24) is 4.90 Å². The van der Waals surface area contributed by atoms with Crippen LogP contribution in [-0.2, 0) is 6.54 Å². The molecule has 0 amide bonds. The summed E-state index contributed by atoms with van der Waals surface area (Å²) in [6.45, 7) is 0.705. The van der Waals surface area contributed by atoms with Crippen LogP contribution in [0.25, 0.3) is 10.8 Å². The van der Waals surface area contributed by atoms with Gasteiger partial charge in [0.2, 0.25) is 0 Å². The molecule has 90 valence electrons. The molecule has 2 aromatic rings. The van der Waals surface area contributed by atoms with Gasteiger partial charge in [-0.05, 0) is 43.1 Å². The highest BCUT2D eigenvalue weighted by molar-refractivity contribution is 5.88. The molecule has 17 heavy (non-hydrogen) atoms. The molecule has 2 rings (SSSR count). The van der Waals surface area contributed by atoms with E-state index in [0.717, 1.165) is 22.1 Å². The summed E-state index contributed by atoms with van der Waals surface area (Å²) in [4.78, 5) is 2.04. The van der Waals surface area contributed by atoms with Crippen LogP contribution in [0.5, 0.6) is 11.5 Å². The van der Waals surface area contributed by atoms with Crippen LogP contribution >= 0.6 is 0 Å². The molecule has 0 aliphatic heterocycles. The number of rotatable bonds is 3. The van der Waals surface area contributed by atoms with E-state index in [4.69, 9.17) is 4.74 Å². The van der Waals surface area contributed by atoms with Crippen molar-refractivity contribution in [3.8, 4) is 11.5 Å². The molecule has 3 nitrogen and oxygen atoms in total. The molecule has 0 aliphatic carbocycles. The predicted molar refractivity (Wildman–Crippen MR) is 69.6 cm³/mol. The fourth-order valence-electron chi connectivity index (χ4n) is 1.96. The molecular formula is C14H17NO2. The van der Waals surface area contributed by atoms with Gasteiger partial charge in [0, 0.05) is 12.1 Å². The molecule has 0 heterocycles. The Bertz CT molecular complexity index is 535. The second-order valence-corrected chi connectivity index (χ2v) is 4.39. The van der Waals surface area contributed by atoms with E-state index in [1.165, 1.54) is 0 Å². The minimum atomic E-state index is 0.333. The van der Waals surface area contributed by atoms with Crippen molar-refractivity contribution in [1.29, 1.82) is 0 Å². The summed E-state index contributed by atoms with van der Waals surface area (Å²) in [5, 5.41) is 12.1. The summed E-state index contributed by atoms with van der Waals surface area (Å²) in [6, 6.07) is 9.57. The third-order valence-corrected chi connectivity index (χ3v) is 2.79. The third-order valence-electron chi connectivity index (χ3n) is 2.79. The van der Waals surface area contributed by atoms with Crippen LogP contribution in [-0.4, -0.2) is 31.2 Å². The van der Waals surface area contributed by atoms with Crippen molar-refractivity contribution < 1.29 is 9.84 Å². The minimum Gasteiger partial charge on any atom is -0.508 e. The van der Waals surface area contributed by atoms with Gasteiger partial charge in [0.25, 0.3) is 0 Å². The molecular weight excluding hydrogens is 214 g/mol. The second-order valence-electron chi connectivity index (χ2n) is 4.39.